The number of halogens is 5. The molecule has 0 bridgehead atoms. The molecule has 0 fully saturated rings. The van der Waals surface area contributed by atoms with E-state index in [-0.39, 0.29) is 51.2 Å². The average molecular weight is 557 g/mol. The quantitative estimate of drug-likeness (QED) is 0.304. The lowest BCUT2D eigenvalue weighted by Gasteiger charge is -2.20. The van der Waals surface area contributed by atoms with Crippen LogP contribution in [0.25, 0.3) is 16.5 Å². The van der Waals surface area contributed by atoms with Crippen LogP contribution >= 0.6 is 11.6 Å². The van der Waals surface area contributed by atoms with Gasteiger partial charge in [-0.2, -0.15) is 22.2 Å². The molecule has 2 aromatic heterocycles. The van der Waals surface area contributed by atoms with E-state index in [1.54, 1.807) is 6.92 Å². The number of pyridine rings is 1. The van der Waals surface area contributed by atoms with Gasteiger partial charge in [0, 0.05) is 18.8 Å². The Morgan fingerprint density at radius 2 is 1.92 bits per heavy atom. The molecule has 1 atom stereocenters. The lowest BCUT2D eigenvalue weighted by Crippen LogP contribution is -2.31. The Balaban J connectivity index is 1.95. The van der Waals surface area contributed by atoms with Crippen molar-refractivity contribution in [2.24, 2.45) is 0 Å². The first kappa shape index (κ1) is 27.2. The number of alkyl halides is 3. The van der Waals surface area contributed by atoms with Crippen LogP contribution in [0.4, 0.5) is 17.6 Å². The molecule has 0 aliphatic carbocycles. The van der Waals surface area contributed by atoms with Crippen LogP contribution < -0.4 is 19.9 Å². The third-order valence-electron chi connectivity index (χ3n) is 5.62. The summed E-state index contributed by atoms with van der Waals surface area (Å²) in [4.78, 5) is 16.9. The second-order valence-corrected chi connectivity index (χ2v) is 8.37. The van der Waals surface area contributed by atoms with Gasteiger partial charge in [-0.15, -0.1) is 5.10 Å². The van der Waals surface area contributed by atoms with Crippen LogP contribution in [0.3, 0.4) is 0 Å². The molecule has 9 nitrogen and oxygen atoms in total. The smallest absolute Gasteiger partial charge is 0.425 e. The van der Waals surface area contributed by atoms with Gasteiger partial charge in [0.15, 0.2) is 23.4 Å². The van der Waals surface area contributed by atoms with Crippen molar-refractivity contribution in [3.05, 3.63) is 63.7 Å². The fourth-order valence-corrected chi connectivity index (χ4v) is 3.87. The van der Waals surface area contributed by atoms with Crippen molar-refractivity contribution < 1.29 is 36.9 Å². The average Bonchev–Trinajstić information content (AvgIpc) is 3.21. The fraction of sp³-hybridized carbons (Fsp3) is 0.292. The van der Waals surface area contributed by atoms with Crippen LogP contribution in [0.2, 0.25) is 5.02 Å². The number of fused-ring (bicyclic) bond motifs is 1. The van der Waals surface area contributed by atoms with Crippen molar-refractivity contribution in [2.75, 3.05) is 7.11 Å². The molecule has 4 rings (SSSR count). The number of hydrogen-bond donors (Lipinski definition) is 1. The predicted molar refractivity (Wildman–Crippen MR) is 129 cm³/mol. The largest absolute Gasteiger partial charge is 0.494 e. The molecule has 2 heterocycles. The van der Waals surface area contributed by atoms with Crippen LogP contribution in [-0.4, -0.2) is 43.8 Å². The Morgan fingerprint density at radius 1 is 1.18 bits per heavy atom. The summed E-state index contributed by atoms with van der Waals surface area (Å²) >= 11 is 6.11. The van der Waals surface area contributed by atoms with Crippen molar-refractivity contribution in [3.63, 3.8) is 0 Å². The minimum Gasteiger partial charge on any atom is -0.494 e. The Bertz CT molecular complexity index is 1550. The van der Waals surface area contributed by atoms with Crippen LogP contribution in [0.5, 0.6) is 23.1 Å². The molecule has 0 aliphatic heterocycles. The first-order valence-electron chi connectivity index (χ1n) is 11.2. The summed E-state index contributed by atoms with van der Waals surface area (Å²) in [5.41, 5.74) is -0.571. The molecule has 0 saturated carbocycles. The summed E-state index contributed by atoms with van der Waals surface area (Å²) in [6.45, 7) is 2.14. The molecule has 0 radical (unpaired) electrons. The van der Waals surface area contributed by atoms with E-state index in [1.165, 1.54) is 42.1 Å². The van der Waals surface area contributed by atoms with E-state index in [2.05, 4.69) is 10.1 Å². The first-order valence-corrected chi connectivity index (χ1v) is 11.5. The molecule has 38 heavy (non-hydrogen) atoms. The van der Waals surface area contributed by atoms with Crippen molar-refractivity contribution in [2.45, 2.75) is 39.3 Å². The summed E-state index contributed by atoms with van der Waals surface area (Å²) in [7, 11) is 1.24. The summed E-state index contributed by atoms with van der Waals surface area (Å²) in [6.07, 6.45) is -5.74. The molecule has 14 heteroatoms. The molecular weight excluding hydrogens is 536 g/mol. The minimum atomic E-state index is -4.74. The summed E-state index contributed by atoms with van der Waals surface area (Å²) in [5, 5.41) is 13.7. The Morgan fingerprint density at radius 3 is 2.53 bits per heavy atom. The van der Waals surface area contributed by atoms with Gasteiger partial charge >= 0.3 is 11.9 Å². The maximum Gasteiger partial charge on any atom is 0.425 e. The topological polar surface area (TPSA) is 101 Å². The third kappa shape index (κ3) is 4.98. The van der Waals surface area contributed by atoms with E-state index in [4.69, 9.17) is 25.8 Å². The van der Waals surface area contributed by atoms with Crippen LogP contribution in [0.1, 0.15) is 19.7 Å². The SMILES string of the molecule is CCn1c(CO)nn(-c2cc(OC(C)C(F)(F)F)c3c(Oc4c(Cl)ccc(OC)c4F)nccc3c2)c1=O. The van der Waals surface area contributed by atoms with Gasteiger partial charge in [0.1, 0.15) is 12.4 Å². The molecule has 1 unspecified atom stereocenters. The Hall–Kier alpha value is -3.84. The van der Waals surface area contributed by atoms with Crippen molar-refractivity contribution >= 4 is 22.4 Å². The Kier molecular flexibility index (Phi) is 7.51. The second-order valence-electron chi connectivity index (χ2n) is 7.97. The number of ether oxygens (including phenoxy) is 3. The number of rotatable bonds is 8. The molecule has 0 amide bonds. The first-order chi connectivity index (χ1) is 18.0. The predicted octanol–water partition coefficient (Wildman–Crippen LogP) is 5.02. The Labute approximate surface area is 217 Å². The van der Waals surface area contributed by atoms with Gasteiger partial charge in [0.2, 0.25) is 11.7 Å². The number of aliphatic hydroxyl groups excluding tert-OH is 1. The molecule has 202 valence electrons. The van der Waals surface area contributed by atoms with Crippen LogP contribution in [0, 0.1) is 5.82 Å². The van der Waals surface area contributed by atoms with E-state index in [0.717, 1.165) is 17.7 Å². The maximum atomic E-state index is 14.9. The van der Waals surface area contributed by atoms with E-state index in [9.17, 15) is 27.5 Å². The van der Waals surface area contributed by atoms with Crippen LogP contribution in [-0.2, 0) is 13.2 Å². The highest BCUT2D eigenvalue weighted by Crippen LogP contribution is 2.42. The number of aliphatic hydroxyl groups is 1. The van der Waals surface area contributed by atoms with E-state index in [0.29, 0.717) is 0 Å². The zero-order valence-corrected chi connectivity index (χ0v) is 21.0. The second kappa shape index (κ2) is 10.5. The van der Waals surface area contributed by atoms with E-state index < -0.39 is 36.1 Å². The normalized spacial score (nSPS) is 12.6. The summed E-state index contributed by atoms with van der Waals surface area (Å²) < 4.78 is 73.3. The highest BCUT2D eigenvalue weighted by molar-refractivity contribution is 6.32. The zero-order valence-electron chi connectivity index (χ0n) is 20.2. The molecule has 0 saturated heterocycles. The van der Waals surface area contributed by atoms with E-state index >= 15 is 0 Å². The van der Waals surface area contributed by atoms with Crippen LogP contribution in [0.15, 0.2) is 41.3 Å². The number of nitrogens with zero attached hydrogens (tertiary/aromatic N) is 4. The summed E-state index contributed by atoms with van der Waals surface area (Å²) in [6, 6.07) is 6.63. The van der Waals surface area contributed by atoms with E-state index in [1.807, 2.05) is 0 Å². The third-order valence-corrected chi connectivity index (χ3v) is 5.91. The molecule has 4 aromatic rings. The number of hydrogen-bond acceptors (Lipinski definition) is 7. The molecule has 2 aromatic carbocycles. The number of benzene rings is 2. The fourth-order valence-electron chi connectivity index (χ4n) is 3.68. The zero-order chi connectivity index (χ0) is 27.8. The lowest BCUT2D eigenvalue weighted by molar-refractivity contribution is -0.189. The highest BCUT2D eigenvalue weighted by Gasteiger charge is 2.38. The molecule has 0 spiro atoms. The summed E-state index contributed by atoms with van der Waals surface area (Å²) in [5.74, 6) is -2.21. The van der Waals surface area contributed by atoms with Gasteiger partial charge in [0.05, 0.1) is 23.2 Å². The number of aromatic nitrogens is 4. The maximum absolute atomic E-state index is 14.9. The molecule has 0 aliphatic rings. The monoisotopic (exact) mass is 556 g/mol. The van der Waals surface area contributed by atoms with Crippen molar-refractivity contribution in [1.29, 1.82) is 0 Å². The van der Waals surface area contributed by atoms with Gasteiger partial charge in [-0.1, -0.05) is 11.6 Å². The van der Waals surface area contributed by atoms with Gasteiger partial charge in [0.25, 0.3) is 0 Å². The van der Waals surface area contributed by atoms with Crippen molar-refractivity contribution in [1.82, 2.24) is 19.3 Å². The van der Waals surface area contributed by atoms with Gasteiger partial charge in [-0.3, -0.25) is 4.57 Å². The van der Waals surface area contributed by atoms with Gasteiger partial charge in [-0.05, 0) is 43.5 Å². The van der Waals surface area contributed by atoms with Crippen molar-refractivity contribution in [3.8, 4) is 28.8 Å². The molecular formula is C24H21ClF4N4O5. The van der Waals surface area contributed by atoms with Gasteiger partial charge < -0.3 is 19.3 Å². The minimum absolute atomic E-state index is 0.0454. The lowest BCUT2D eigenvalue weighted by atomic mass is 10.1. The van der Waals surface area contributed by atoms with Gasteiger partial charge in [-0.25, -0.2) is 9.78 Å². The standard InChI is InChI=1S/C24H21ClF4N4O5/c1-4-32-18(11-34)31-33(23(32)35)14-9-13-7-8-30-22(19(13)17(10-14)37-12(2)24(27,28)29)38-21-15(25)5-6-16(36-3)20(21)26/h5-10,12,34H,4,11H2,1-3H3. The highest BCUT2D eigenvalue weighted by atomic mass is 35.5. The number of methoxy groups -OCH3 is 1. The molecule has 1 N–H and O–H groups in total.